The van der Waals surface area contributed by atoms with Gasteiger partial charge in [0.25, 0.3) is 0 Å². The molecule has 0 aliphatic carbocycles. The molecule has 1 aliphatic rings. The van der Waals surface area contributed by atoms with Crippen molar-refractivity contribution in [1.82, 2.24) is 24.6 Å². The van der Waals surface area contributed by atoms with Gasteiger partial charge in [0, 0.05) is 45.3 Å². The number of aromatic nitrogens is 3. The lowest BCUT2D eigenvalue weighted by Crippen LogP contribution is -2.49. The van der Waals surface area contributed by atoms with Crippen molar-refractivity contribution in [2.75, 3.05) is 39.8 Å². The van der Waals surface area contributed by atoms with Gasteiger partial charge in [-0.05, 0) is 50.3 Å². The second kappa shape index (κ2) is 9.11. The molecule has 7 heteroatoms. The molecule has 3 heterocycles. The van der Waals surface area contributed by atoms with Gasteiger partial charge in [-0.1, -0.05) is 13.8 Å². The first kappa shape index (κ1) is 21.6. The van der Waals surface area contributed by atoms with Crippen molar-refractivity contribution in [3.8, 4) is 5.88 Å². The fourth-order valence-corrected chi connectivity index (χ4v) is 4.16. The first-order chi connectivity index (χ1) is 13.8. The number of fused-ring (bicyclic) bond motifs is 1. The molecular weight excluding hydrogens is 366 g/mol. The zero-order valence-corrected chi connectivity index (χ0v) is 18.8. The van der Waals surface area contributed by atoms with Crippen LogP contribution >= 0.6 is 0 Å². The van der Waals surface area contributed by atoms with Crippen LogP contribution < -0.4 is 4.74 Å². The monoisotopic (exact) mass is 401 g/mol. The first-order valence-corrected chi connectivity index (χ1v) is 10.7. The molecule has 2 aromatic heterocycles. The topological polar surface area (TPSA) is 63.5 Å². The number of carbonyl (C=O) groups excluding carboxylic acids is 1. The standard InChI is InChI=1S/C22H35N5O2/c1-15(2)9-10-26-11-13-27(14-12-26)19(28)8-7-18-16(3)20-21(23-17(18)4)25(5)24-22(20)29-6/h15H,7-14H2,1-6H3. The van der Waals surface area contributed by atoms with E-state index in [9.17, 15) is 4.79 Å². The smallest absolute Gasteiger partial charge is 0.242 e. The van der Waals surface area contributed by atoms with Crippen molar-refractivity contribution >= 4 is 16.9 Å². The molecule has 2 aromatic rings. The molecule has 0 aromatic carbocycles. The number of ether oxygens (including phenoxy) is 1. The molecular formula is C22H35N5O2. The Balaban J connectivity index is 1.63. The van der Waals surface area contributed by atoms with Gasteiger partial charge in [0.05, 0.1) is 12.5 Å². The number of aryl methyl sites for hydroxylation is 3. The zero-order chi connectivity index (χ0) is 21.1. The number of rotatable bonds is 7. The highest BCUT2D eigenvalue weighted by Gasteiger charge is 2.22. The minimum absolute atomic E-state index is 0.241. The number of hydrogen-bond acceptors (Lipinski definition) is 5. The number of amides is 1. The van der Waals surface area contributed by atoms with E-state index in [-0.39, 0.29) is 5.91 Å². The van der Waals surface area contributed by atoms with Gasteiger partial charge < -0.3 is 9.64 Å². The Morgan fingerprint density at radius 2 is 1.86 bits per heavy atom. The van der Waals surface area contributed by atoms with Crippen molar-refractivity contribution in [3.63, 3.8) is 0 Å². The summed E-state index contributed by atoms with van der Waals surface area (Å²) in [6.07, 6.45) is 2.44. The fraction of sp³-hybridized carbons (Fsp3) is 0.682. The second-order valence-corrected chi connectivity index (χ2v) is 8.54. The van der Waals surface area contributed by atoms with Crippen LogP contribution in [0.15, 0.2) is 0 Å². The third-order valence-corrected chi connectivity index (χ3v) is 6.05. The molecule has 1 aliphatic heterocycles. The number of methoxy groups -OCH3 is 1. The summed E-state index contributed by atoms with van der Waals surface area (Å²) in [4.78, 5) is 22.0. The number of piperazine rings is 1. The quantitative estimate of drug-likeness (QED) is 0.714. The fourth-order valence-electron chi connectivity index (χ4n) is 4.16. The predicted octanol–water partition coefficient (Wildman–Crippen LogP) is 2.72. The third-order valence-electron chi connectivity index (χ3n) is 6.05. The minimum Gasteiger partial charge on any atom is -0.479 e. The lowest BCUT2D eigenvalue weighted by Gasteiger charge is -2.35. The van der Waals surface area contributed by atoms with Gasteiger partial charge in [-0.2, -0.15) is 0 Å². The van der Waals surface area contributed by atoms with Gasteiger partial charge in [-0.25, -0.2) is 9.67 Å². The molecule has 29 heavy (non-hydrogen) atoms. The third kappa shape index (κ3) is 4.71. The normalized spacial score (nSPS) is 15.5. The SMILES string of the molecule is COc1nn(C)c2nc(C)c(CCC(=O)N3CCN(CCC(C)C)CC3)c(C)c12. The highest BCUT2D eigenvalue weighted by Crippen LogP contribution is 2.30. The van der Waals surface area contributed by atoms with Crippen LogP contribution in [-0.4, -0.2) is 70.3 Å². The van der Waals surface area contributed by atoms with Crippen LogP contribution in [0, 0.1) is 19.8 Å². The molecule has 160 valence electrons. The van der Waals surface area contributed by atoms with E-state index < -0.39 is 0 Å². The average Bonchev–Trinajstić information content (AvgIpc) is 3.02. The van der Waals surface area contributed by atoms with Crippen molar-refractivity contribution in [2.24, 2.45) is 13.0 Å². The Kier molecular flexibility index (Phi) is 6.77. The summed E-state index contributed by atoms with van der Waals surface area (Å²) in [5, 5.41) is 5.35. The van der Waals surface area contributed by atoms with E-state index in [0.717, 1.165) is 66.5 Å². The molecule has 3 rings (SSSR count). The average molecular weight is 402 g/mol. The lowest BCUT2D eigenvalue weighted by molar-refractivity contribution is -0.132. The van der Waals surface area contributed by atoms with Crippen molar-refractivity contribution < 1.29 is 9.53 Å². The van der Waals surface area contributed by atoms with Crippen LogP contribution in [-0.2, 0) is 18.3 Å². The van der Waals surface area contributed by atoms with Gasteiger partial charge in [-0.15, -0.1) is 5.10 Å². The molecule has 0 N–H and O–H groups in total. The Hall–Kier alpha value is -2.15. The summed E-state index contributed by atoms with van der Waals surface area (Å²) in [6.45, 7) is 13.4. The maximum Gasteiger partial charge on any atom is 0.242 e. The van der Waals surface area contributed by atoms with E-state index >= 15 is 0 Å². The van der Waals surface area contributed by atoms with Crippen LogP contribution in [0.25, 0.3) is 11.0 Å². The molecule has 7 nitrogen and oxygen atoms in total. The summed E-state index contributed by atoms with van der Waals surface area (Å²) in [6, 6.07) is 0. The highest BCUT2D eigenvalue weighted by molar-refractivity contribution is 5.86. The molecule has 0 bridgehead atoms. The van der Waals surface area contributed by atoms with E-state index in [2.05, 4.69) is 30.8 Å². The minimum atomic E-state index is 0.241. The molecule has 0 atom stereocenters. The van der Waals surface area contributed by atoms with Crippen molar-refractivity contribution in [2.45, 2.75) is 47.0 Å². The number of hydrogen-bond donors (Lipinski definition) is 0. The highest BCUT2D eigenvalue weighted by atomic mass is 16.5. The maximum absolute atomic E-state index is 12.8. The predicted molar refractivity (Wildman–Crippen MR) is 115 cm³/mol. The van der Waals surface area contributed by atoms with Crippen molar-refractivity contribution in [3.05, 3.63) is 16.8 Å². The Labute approximate surface area is 174 Å². The maximum atomic E-state index is 12.8. The van der Waals surface area contributed by atoms with Gasteiger partial charge in [0.15, 0.2) is 5.65 Å². The van der Waals surface area contributed by atoms with Gasteiger partial charge in [0.2, 0.25) is 11.8 Å². The van der Waals surface area contributed by atoms with Crippen LogP contribution in [0.2, 0.25) is 0 Å². The number of pyridine rings is 1. The van der Waals surface area contributed by atoms with E-state index in [1.807, 2.05) is 18.9 Å². The van der Waals surface area contributed by atoms with Crippen molar-refractivity contribution in [1.29, 1.82) is 0 Å². The van der Waals surface area contributed by atoms with Gasteiger partial charge in [-0.3, -0.25) is 9.69 Å². The molecule has 1 amide bonds. The molecule has 0 saturated carbocycles. The van der Waals surface area contributed by atoms with E-state index in [1.54, 1.807) is 11.8 Å². The van der Waals surface area contributed by atoms with E-state index in [1.165, 1.54) is 6.42 Å². The molecule has 1 saturated heterocycles. The van der Waals surface area contributed by atoms with Gasteiger partial charge in [0.1, 0.15) is 0 Å². The first-order valence-electron chi connectivity index (χ1n) is 10.7. The second-order valence-electron chi connectivity index (χ2n) is 8.54. The van der Waals surface area contributed by atoms with Crippen LogP contribution in [0.5, 0.6) is 5.88 Å². The molecule has 0 radical (unpaired) electrons. The Morgan fingerprint density at radius 3 is 2.48 bits per heavy atom. The van der Waals surface area contributed by atoms with E-state index in [4.69, 9.17) is 9.72 Å². The number of carbonyl (C=O) groups is 1. The molecule has 1 fully saturated rings. The van der Waals surface area contributed by atoms with Crippen LogP contribution in [0.1, 0.15) is 43.5 Å². The zero-order valence-electron chi connectivity index (χ0n) is 18.8. The van der Waals surface area contributed by atoms with E-state index in [0.29, 0.717) is 18.7 Å². The Morgan fingerprint density at radius 1 is 1.17 bits per heavy atom. The van der Waals surface area contributed by atoms with Gasteiger partial charge >= 0.3 is 0 Å². The summed E-state index contributed by atoms with van der Waals surface area (Å²) >= 11 is 0. The summed E-state index contributed by atoms with van der Waals surface area (Å²) < 4.78 is 7.19. The molecule has 0 unspecified atom stereocenters. The molecule has 0 spiro atoms. The largest absolute Gasteiger partial charge is 0.479 e. The lowest BCUT2D eigenvalue weighted by atomic mass is 10.00. The van der Waals surface area contributed by atoms with Crippen LogP contribution in [0.3, 0.4) is 0 Å². The van der Waals surface area contributed by atoms with Crippen LogP contribution in [0.4, 0.5) is 0 Å². The summed E-state index contributed by atoms with van der Waals surface area (Å²) in [5.41, 5.74) is 4.04. The summed E-state index contributed by atoms with van der Waals surface area (Å²) in [5.74, 6) is 1.56. The number of nitrogens with zero attached hydrogens (tertiary/aromatic N) is 5. The summed E-state index contributed by atoms with van der Waals surface area (Å²) in [7, 11) is 3.51. The Bertz CT molecular complexity index is 866.